The smallest absolute Gasteiger partial charge is 0.255 e. The number of ether oxygens (including phenoxy) is 1. The molecule has 164 valence electrons. The van der Waals surface area contributed by atoms with Gasteiger partial charge in [0.05, 0.1) is 12.9 Å². The van der Waals surface area contributed by atoms with Crippen molar-refractivity contribution in [1.29, 1.82) is 0 Å². The number of thioether (sulfide) groups is 1. The number of nitrogens with zero attached hydrogens (tertiary/aromatic N) is 1. The van der Waals surface area contributed by atoms with E-state index in [1.807, 2.05) is 41.3 Å². The lowest BCUT2D eigenvalue weighted by molar-refractivity contribution is -0.115. The third kappa shape index (κ3) is 4.65. The highest BCUT2D eigenvalue weighted by Crippen LogP contribution is 2.42. The van der Waals surface area contributed by atoms with E-state index >= 15 is 0 Å². The first kappa shape index (κ1) is 22.0. The molecule has 1 aliphatic heterocycles. The minimum Gasteiger partial charge on any atom is -0.497 e. The van der Waals surface area contributed by atoms with Crippen LogP contribution in [0.25, 0.3) is 0 Å². The largest absolute Gasteiger partial charge is 0.497 e. The number of nitrogens with one attached hydrogen (secondary N) is 1. The second kappa shape index (κ2) is 9.49. The fourth-order valence-corrected chi connectivity index (χ4v) is 4.85. The van der Waals surface area contributed by atoms with Crippen molar-refractivity contribution >= 4 is 35.0 Å². The van der Waals surface area contributed by atoms with Gasteiger partial charge in [-0.3, -0.25) is 14.5 Å². The maximum atomic E-state index is 12.7. The van der Waals surface area contributed by atoms with E-state index in [1.54, 1.807) is 43.1 Å². The van der Waals surface area contributed by atoms with Crippen LogP contribution in [0.3, 0.4) is 0 Å². The Morgan fingerprint density at radius 1 is 1.06 bits per heavy atom. The molecule has 1 heterocycles. The molecule has 0 aromatic heterocycles. The first-order valence-corrected chi connectivity index (χ1v) is 11.6. The second-order valence-electron chi connectivity index (χ2n) is 7.98. The van der Waals surface area contributed by atoms with Crippen molar-refractivity contribution in [3.8, 4) is 5.75 Å². The lowest BCUT2D eigenvalue weighted by Crippen LogP contribution is -2.27. The third-order valence-corrected chi connectivity index (χ3v) is 6.70. The summed E-state index contributed by atoms with van der Waals surface area (Å²) in [4.78, 5) is 27.2. The molecule has 0 bridgehead atoms. The van der Waals surface area contributed by atoms with E-state index in [9.17, 15) is 9.59 Å². The molecule has 1 saturated heterocycles. The quantitative estimate of drug-likeness (QED) is 0.516. The lowest BCUT2D eigenvalue weighted by atomic mass is 10.0. The molecule has 1 unspecified atom stereocenters. The summed E-state index contributed by atoms with van der Waals surface area (Å²) in [7, 11) is 1.59. The van der Waals surface area contributed by atoms with Crippen LogP contribution in [0.5, 0.6) is 5.75 Å². The Labute approximate surface area is 192 Å². The van der Waals surface area contributed by atoms with Gasteiger partial charge in [0.15, 0.2) is 0 Å². The number of amides is 2. The van der Waals surface area contributed by atoms with Gasteiger partial charge in [-0.25, -0.2) is 0 Å². The van der Waals surface area contributed by atoms with Crippen molar-refractivity contribution in [2.75, 3.05) is 23.1 Å². The number of hydrogen-bond acceptors (Lipinski definition) is 4. The summed E-state index contributed by atoms with van der Waals surface area (Å²) in [5.74, 6) is 1.47. The van der Waals surface area contributed by atoms with Crippen LogP contribution in [-0.4, -0.2) is 24.7 Å². The standard InChI is InChI=1S/C26H26N2O3S/c1-17(2)18-7-11-22(12-8-18)28-24(29)16-32-26(28)20-5-4-6-21(15-20)27-25(30)19-9-13-23(31-3)14-10-19/h4-15,17,26H,16H2,1-3H3,(H,27,30). The van der Waals surface area contributed by atoms with Crippen LogP contribution in [0.1, 0.15) is 46.6 Å². The summed E-state index contributed by atoms with van der Waals surface area (Å²) < 4.78 is 5.15. The molecule has 0 aliphatic carbocycles. The van der Waals surface area contributed by atoms with Crippen LogP contribution in [0.15, 0.2) is 72.8 Å². The van der Waals surface area contributed by atoms with Gasteiger partial charge in [-0.2, -0.15) is 0 Å². The zero-order chi connectivity index (χ0) is 22.7. The summed E-state index contributed by atoms with van der Waals surface area (Å²) in [6, 6.07) is 22.9. The molecular weight excluding hydrogens is 420 g/mol. The van der Waals surface area contributed by atoms with Gasteiger partial charge < -0.3 is 10.1 Å². The van der Waals surface area contributed by atoms with Crippen LogP contribution >= 0.6 is 11.8 Å². The molecule has 3 aromatic rings. The Morgan fingerprint density at radius 2 is 1.78 bits per heavy atom. The van der Waals surface area contributed by atoms with E-state index in [0.717, 1.165) is 11.3 Å². The highest BCUT2D eigenvalue weighted by Gasteiger charge is 2.34. The summed E-state index contributed by atoms with van der Waals surface area (Å²) in [6.07, 6.45) is 0. The number of hydrogen-bond donors (Lipinski definition) is 1. The number of carbonyl (C=O) groups is 2. The van der Waals surface area contributed by atoms with Crippen LogP contribution in [0, 0.1) is 0 Å². The molecule has 2 amide bonds. The van der Waals surface area contributed by atoms with Crippen LogP contribution in [-0.2, 0) is 4.79 Å². The van der Waals surface area contributed by atoms with Crippen molar-refractivity contribution < 1.29 is 14.3 Å². The van der Waals surface area contributed by atoms with E-state index in [4.69, 9.17) is 4.74 Å². The van der Waals surface area contributed by atoms with E-state index in [1.165, 1.54) is 5.56 Å². The number of methoxy groups -OCH3 is 1. The normalized spacial score (nSPS) is 15.8. The van der Waals surface area contributed by atoms with Crippen molar-refractivity contribution in [3.05, 3.63) is 89.5 Å². The van der Waals surface area contributed by atoms with Crippen LogP contribution < -0.4 is 15.0 Å². The first-order chi connectivity index (χ1) is 15.5. The second-order valence-corrected chi connectivity index (χ2v) is 9.05. The zero-order valence-corrected chi connectivity index (χ0v) is 19.2. The molecule has 1 fully saturated rings. The Kier molecular flexibility index (Phi) is 6.51. The predicted octanol–water partition coefficient (Wildman–Crippen LogP) is 5.85. The number of rotatable bonds is 6. The summed E-state index contributed by atoms with van der Waals surface area (Å²) in [5, 5.41) is 2.82. The molecule has 6 heteroatoms. The summed E-state index contributed by atoms with van der Waals surface area (Å²) in [6.45, 7) is 4.31. The Morgan fingerprint density at radius 3 is 2.44 bits per heavy atom. The van der Waals surface area contributed by atoms with Gasteiger partial charge in [-0.05, 0) is 65.6 Å². The van der Waals surface area contributed by atoms with Gasteiger partial charge in [0.1, 0.15) is 11.1 Å². The first-order valence-electron chi connectivity index (χ1n) is 10.6. The minimum absolute atomic E-state index is 0.0879. The molecule has 32 heavy (non-hydrogen) atoms. The molecule has 0 spiro atoms. The Balaban J connectivity index is 1.54. The molecule has 0 saturated carbocycles. The topological polar surface area (TPSA) is 58.6 Å². The Bertz CT molecular complexity index is 1110. The van der Waals surface area contributed by atoms with Crippen molar-refractivity contribution in [2.45, 2.75) is 25.1 Å². The van der Waals surface area contributed by atoms with Gasteiger partial charge in [0, 0.05) is 16.9 Å². The summed E-state index contributed by atoms with van der Waals surface area (Å²) in [5.41, 5.74) is 4.35. The molecule has 1 N–H and O–H groups in total. The van der Waals surface area contributed by atoms with Crippen molar-refractivity contribution in [1.82, 2.24) is 0 Å². The highest BCUT2D eigenvalue weighted by atomic mass is 32.2. The molecule has 4 rings (SSSR count). The van der Waals surface area contributed by atoms with E-state index in [2.05, 4.69) is 31.3 Å². The van der Waals surface area contributed by atoms with Crippen LogP contribution in [0.4, 0.5) is 11.4 Å². The van der Waals surface area contributed by atoms with Gasteiger partial charge in [0.25, 0.3) is 5.91 Å². The summed E-state index contributed by atoms with van der Waals surface area (Å²) >= 11 is 1.59. The lowest BCUT2D eigenvalue weighted by Gasteiger charge is -2.25. The van der Waals surface area contributed by atoms with Crippen LogP contribution in [0.2, 0.25) is 0 Å². The maximum absolute atomic E-state index is 12.7. The van der Waals surface area contributed by atoms with Gasteiger partial charge in [0.2, 0.25) is 5.91 Å². The van der Waals surface area contributed by atoms with Crippen molar-refractivity contribution in [3.63, 3.8) is 0 Å². The van der Waals surface area contributed by atoms with Gasteiger partial charge in [-0.1, -0.05) is 38.1 Å². The fourth-order valence-electron chi connectivity index (χ4n) is 3.69. The van der Waals surface area contributed by atoms with Gasteiger partial charge >= 0.3 is 0 Å². The monoisotopic (exact) mass is 446 g/mol. The number of anilines is 2. The SMILES string of the molecule is COc1ccc(C(=O)Nc2cccc(C3SCC(=O)N3c3ccc(C(C)C)cc3)c2)cc1. The third-order valence-electron chi connectivity index (χ3n) is 5.49. The molecule has 1 atom stereocenters. The molecule has 3 aromatic carbocycles. The highest BCUT2D eigenvalue weighted by molar-refractivity contribution is 8.00. The Hall–Kier alpha value is -3.25. The molecule has 1 aliphatic rings. The number of benzene rings is 3. The van der Waals surface area contributed by atoms with Gasteiger partial charge in [-0.15, -0.1) is 11.8 Å². The average Bonchev–Trinajstić information content (AvgIpc) is 3.20. The molecule has 0 radical (unpaired) electrons. The molecular formula is C26H26N2O3S. The van der Waals surface area contributed by atoms with E-state index < -0.39 is 0 Å². The van der Waals surface area contributed by atoms with E-state index in [-0.39, 0.29) is 17.2 Å². The predicted molar refractivity (Wildman–Crippen MR) is 131 cm³/mol. The zero-order valence-electron chi connectivity index (χ0n) is 18.4. The minimum atomic E-state index is -0.193. The van der Waals surface area contributed by atoms with Crippen molar-refractivity contribution in [2.24, 2.45) is 0 Å². The fraction of sp³-hybridized carbons (Fsp3) is 0.231. The maximum Gasteiger partial charge on any atom is 0.255 e. The number of carbonyl (C=O) groups excluding carboxylic acids is 2. The molecule has 5 nitrogen and oxygen atoms in total. The van der Waals surface area contributed by atoms with E-state index in [0.29, 0.717) is 28.7 Å². The average molecular weight is 447 g/mol.